The van der Waals surface area contributed by atoms with Gasteiger partial charge in [-0.05, 0) is 50.1 Å². The van der Waals surface area contributed by atoms with Gasteiger partial charge >= 0.3 is 0 Å². The van der Waals surface area contributed by atoms with Crippen molar-refractivity contribution in [3.63, 3.8) is 0 Å². The first-order valence-corrected chi connectivity index (χ1v) is 11.0. The van der Waals surface area contributed by atoms with E-state index >= 15 is 0 Å². The second-order valence-corrected chi connectivity index (χ2v) is 9.15. The van der Waals surface area contributed by atoms with Crippen molar-refractivity contribution >= 4 is 50.4 Å². The molecule has 0 radical (unpaired) electrons. The molecule has 0 spiro atoms. The second kappa shape index (κ2) is 7.56. The lowest BCUT2D eigenvalue weighted by Crippen LogP contribution is -2.15. The average molecular weight is 411 g/mol. The van der Waals surface area contributed by atoms with Gasteiger partial charge in [-0.15, -0.1) is 21.5 Å². The van der Waals surface area contributed by atoms with Crippen molar-refractivity contribution in [3.8, 4) is 0 Å². The van der Waals surface area contributed by atoms with Gasteiger partial charge in [-0.25, -0.2) is 0 Å². The number of thioether (sulfide) groups is 1. The molecule has 28 heavy (non-hydrogen) atoms. The number of anilines is 1. The Hall–Kier alpha value is -2.38. The highest BCUT2D eigenvalue weighted by Gasteiger charge is 2.16. The van der Waals surface area contributed by atoms with Gasteiger partial charge in [0.15, 0.2) is 0 Å². The molecule has 0 aliphatic rings. The molecular formula is C21H22N4OS2. The minimum atomic E-state index is -0.0394. The third-order valence-electron chi connectivity index (χ3n) is 4.67. The molecule has 0 unspecified atom stereocenters. The summed E-state index contributed by atoms with van der Waals surface area (Å²) >= 11 is 3.20. The van der Waals surface area contributed by atoms with E-state index in [9.17, 15) is 4.79 Å². The van der Waals surface area contributed by atoms with Crippen LogP contribution in [-0.4, -0.2) is 26.3 Å². The lowest BCUT2D eigenvalue weighted by atomic mass is 10.1. The Morgan fingerprint density at radius 2 is 1.96 bits per heavy atom. The van der Waals surface area contributed by atoms with Gasteiger partial charge in [-0.2, -0.15) is 0 Å². The molecule has 1 aromatic carbocycles. The normalized spacial score (nSPS) is 11.4. The molecule has 1 N–H and O–H groups in total. The maximum absolute atomic E-state index is 12.5. The van der Waals surface area contributed by atoms with Crippen molar-refractivity contribution in [2.45, 2.75) is 39.1 Å². The highest BCUT2D eigenvalue weighted by Crippen LogP contribution is 2.33. The molecule has 7 heteroatoms. The van der Waals surface area contributed by atoms with Crippen LogP contribution >= 0.6 is 23.1 Å². The summed E-state index contributed by atoms with van der Waals surface area (Å²) in [7, 11) is 0. The first-order chi connectivity index (χ1) is 13.5. The average Bonchev–Trinajstić information content (AvgIpc) is 3.19. The van der Waals surface area contributed by atoms with Crippen molar-refractivity contribution in [3.05, 3.63) is 52.2 Å². The summed E-state index contributed by atoms with van der Waals surface area (Å²) in [5.74, 6) is 1.19. The lowest BCUT2D eigenvalue weighted by molar-refractivity contribution is -0.113. The summed E-state index contributed by atoms with van der Waals surface area (Å²) in [6, 6.07) is 10.4. The molecule has 0 atom stereocenters. The molecule has 0 aliphatic carbocycles. The summed E-state index contributed by atoms with van der Waals surface area (Å²) in [5, 5.41) is 12.6. The first kappa shape index (κ1) is 19.0. The molecule has 0 bridgehead atoms. The van der Waals surface area contributed by atoms with E-state index in [1.165, 1.54) is 26.9 Å². The number of rotatable bonds is 5. The van der Waals surface area contributed by atoms with Crippen LogP contribution in [0.3, 0.4) is 0 Å². The van der Waals surface area contributed by atoms with Crippen LogP contribution in [0, 0.1) is 20.8 Å². The fourth-order valence-corrected chi connectivity index (χ4v) is 4.95. The minimum Gasteiger partial charge on any atom is -0.325 e. The lowest BCUT2D eigenvalue weighted by Gasteiger charge is -2.10. The number of nitrogens with one attached hydrogen (secondary N) is 1. The molecular weight excluding hydrogens is 388 g/mol. The highest BCUT2D eigenvalue weighted by molar-refractivity contribution is 8.00. The van der Waals surface area contributed by atoms with Crippen LogP contribution in [0.4, 0.5) is 5.69 Å². The Kier molecular flexibility index (Phi) is 5.12. The van der Waals surface area contributed by atoms with E-state index in [4.69, 9.17) is 0 Å². The summed E-state index contributed by atoms with van der Waals surface area (Å²) in [6.07, 6.45) is 0.806. The number of fused-ring (bicyclic) bond motifs is 3. The molecule has 4 aromatic rings. The van der Waals surface area contributed by atoms with Crippen molar-refractivity contribution in [2.75, 3.05) is 11.1 Å². The maximum Gasteiger partial charge on any atom is 0.234 e. The molecule has 144 valence electrons. The molecule has 1 amide bonds. The summed E-state index contributed by atoms with van der Waals surface area (Å²) in [5.41, 5.74) is 5.24. The van der Waals surface area contributed by atoms with E-state index in [0.29, 0.717) is 5.75 Å². The predicted molar refractivity (Wildman–Crippen MR) is 118 cm³/mol. The Morgan fingerprint density at radius 1 is 1.14 bits per heavy atom. The number of carbonyl (C=O) groups is 1. The number of aryl methyl sites for hydroxylation is 4. The van der Waals surface area contributed by atoms with Gasteiger partial charge in [0, 0.05) is 17.0 Å². The quantitative estimate of drug-likeness (QED) is 0.462. The van der Waals surface area contributed by atoms with Crippen molar-refractivity contribution in [2.24, 2.45) is 0 Å². The third-order valence-corrected chi connectivity index (χ3v) is 6.63. The predicted octanol–water partition coefficient (Wildman–Crippen LogP) is 5.16. The number of amides is 1. The van der Waals surface area contributed by atoms with Gasteiger partial charge < -0.3 is 5.32 Å². The van der Waals surface area contributed by atoms with Gasteiger partial charge in [0.05, 0.1) is 21.5 Å². The summed E-state index contributed by atoms with van der Waals surface area (Å²) in [4.78, 5) is 13.8. The van der Waals surface area contributed by atoms with Crippen molar-refractivity contribution in [1.82, 2.24) is 14.6 Å². The fraction of sp³-hybridized carbons (Fsp3) is 0.286. The number of benzene rings is 1. The molecule has 0 aliphatic heterocycles. The number of carbonyl (C=O) groups excluding carboxylic acids is 1. The number of aromatic nitrogens is 3. The SMILES string of the molecule is CCc1nnc(SCC(=O)Nc2cc(C)ccc2C)c2cc3sc(C)cc3n12. The number of hydrogen-bond donors (Lipinski definition) is 1. The van der Waals surface area contributed by atoms with Gasteiger partial charge in [-0.3, -0.25) is 9.20 Å². The van der Waals surface area contributed by atoms with E-state index in [-0.39, 0.29) is 5.91 Å². The van der Waals surface area contributed by atoms with E-state index < -0.39 is 0 Å². The second-order valence-electron chi connectivity index (χ2n) is 6.90. The molecule has 3 heterocycles. The Bertz CT molecular complexity index is 1190. The number of thiophene rings is 1. The highest BCUT2D eigenvalue weighted by atomic mass is 32.2. The smallest absolute Gasteiger partial charge is 0.234 e. The molecule has 0 saturated heterocycles. The zero-order chi connectivity index (χ0) is 19.8. The molecule has 3 aromatic heterocycles. The summed E-state index contributed by atoms with van der Waals surface area (Å²) in [6.45, 7) is 8.21. The van der Waals surface area contributed by atoms with Crippen LogP contribution in [0.25, 0.3) is 15.7 Å². The third kappa shape index (κ3) is 3.52. The summed E-state index contributed by atoms with van der Waals surface area (Å²) < 4.78 is 3.40. The Balaban J connectivity index is 1.59. The zero-order valence-corrected chi connectivity index (χ0v) is 18.0. The maximum atomic E-state index is 12.5. The zero-order valence-electron chi connectivity index (χ0n) is 16.4. The van der Waals surface area contributed by atoms with Crippen LogP contribution in [0.2, 0.25) is 0 Å². The molecule has 0 saturated carbocycles. The standard InChI is InChI=1S/C21H22N4OS2/c1-5-19-23-24-21(17-10-18-16(25(17)19)9-14(4)28-18)27-11-20(26)22-15-8-12(2)6-7-13(15)3/h6-10H,5,11H2,1-4H3,(H,22,26). The van der Waals surface area contributed by atoms with Crippen LogP contribution in [-0.2, 0) is 11.2 Å². The Morgan fingerprint density at radius 3 is 2.75 bits per heavy atom. The minimum absolute atomic E-state index is 0.0394. The topological polar surface area (TPSA) is 59.3 Å². The van der Waals surface area contributed by atoms with E-state index in [2.05, 4.69) is 45.9 Å². The van der Waals surface area contributed by atoms with Gasteiger partial charge in [0.25, 0.3) is 0 Å². The van der Waals surface area contributed by atoms with Gasteiger partial charge in [-0.1, -0.05) is 30.8 Å². The number of nitrogens with zero attached hydrogens (tertiary/aromatic N) is 3. The Labute approximate surface area is 172 Å². The van der Waals surface area contributed by atoms with Crippen LogP contribution in [0.15, 0.2) is 35.4 Å². The van der Waals surface area contributed by atoms with Crippen molar-refractivity contribution in [1.29, 1.82) is 0 Å². The van der Waals surface area contributed by atoms with Crippen LogP contribution in [0.5, 0.6) is 0 Å². The number of hydrogen-bond acceptors (Lipinski definition) is 5. The van der Waals surface area contributed by atoms with Gasteiger partial charge in [0.1, 0.15) is 10.9 Å². The fourth-order valence-electron chi connectivity index (χ4n) is 3.27. The van der Waals surface area contributed by atoms with Crippen molar-refractivity contribution < 1.29 is 4.79 Å². The van der Waals surface area contributed by atoms with Crippen LogP contribution < -0.4 is 5.32 Å². The molecule has 4 rings (SSSR count). The molecule has 0 fully saturated rings. The van der Waals surface area contributed by atoms with E-state index in [1.807, 2.05) is 32.0 Å². The van der Waals surface area contributed by atoms with Crippen LogP contribution in [0.1, 0.15) is 28.8 Å². The van der Waals surface area contributed by atoms with Gasteiger partial charge in [0.2, 0.25) is 5.91 Å². The molecule has 5 nitrogen and oxygen atoms in total. The largest absolute Gasteiger partial charge is 0.325 e. The monoisotopic (exact) mass is 410 g/mol. The van der Waals surface area contributed by atoms with E-state index in [1.54, 1.807) is 11.3 Å². The first-order valence-electron chi connectivity index (χ1n) is 9.23. The van der Waals surface area contributed by atoms with E-state index in [0.717, 1.165) is 39.6 Å².